The molecule has 1 aromatic heterocycles. The van der Waals surface area contributed by atoms with Crippen molar-refractivity contribution in [2.45, 2.75) is 26.2 Å². The third kappa shape index (κ3) is 5.72. The summed E-state index contributed by atoms with van der Waals surface area (Å²) in [7, 11) is 1.56. The smallest absolute Gasteiger partial charge is 0.342 e. The maximum Gasteiger partial charge on any atom is 0.342 e. The van der Waals surface area contributed by atoms with Crippen LogP contribution in [0.3, 0.4) is 0 Å². The lowest BCUT2D eigenvalue weighted by Crippen LogP contribution is -2.29. The Morgan fingerprint density at radius 3 is 2.52 bits per heavy atom. The monoisotopic (exact) mass is 421 g/mol. The van der Waals surface area contributed by atoms with Gasteiger partial charge in [0.2, 0.25) is 0 Å². The second-order valence-electron chi connectivity index (χ2n) is 7.00. The first-order chi connectivity index (χ1) is 15.1. The van der Waals surface area contributed by atoms with E-state index in [0.29, 0.717) is 23.6 Å². The summed E-state index contributed by atoms with van der Waals surface area (Å²) in [6, 6.07) is 16.8. The number of carbonyl (C=O) groups excluding carboxylic acids is 2. The van der Waals surface area contributed by atoms with Gasteiger partial charge in [0.25, 0.3) is 5.91 Å². The second-order valence-corrected chi connectivity index (χ2v) is 7.00. The van der Waals surface area contributed by atoms with Gasteiger partial charge in [0.1, 0.15) is 17.0 Å². The molecular formula is C24H27N3O4. The molecule has 0 spiro atoms. The number of hydrogen-bond donors (Lipinski definition) is 1. The minimum absolute atomic E-state index is 0.257. The van der Waals surface area contributed by atoms with Gasteiger partial charge in [-0.3, -0.25) is 4.79 Å². The number of methoxy groups -OCH3 is 1. The van der Waals surface area contributed by atoms with Crippen LogP contribution < -0.4 is 10.1 Å². The number of unbranched alkanes of at least 4 members (excludes halogenated alkanes) is 2. The Bertz CT molecular complexity index is 1010. The van der Waals surface area contributed by atoms with Gasteiger partial charge in [-0.25, -0.2) is 9.48 Å². The predicted molar refractivity (Wildman–Crippen MR) is 118 cm³/mol. The molecule has 3 aromatic rings. The summed E-state index contributed by atoms with van der Waals surface area (Å²) in [6.07, 6.45) is 4.62. The summed E-state index contributed by atoms with van der Waals surface area (Å²) in [6.45, 7) is 2.33. The van der Waals surface area contributed by atoms with Gasteiger partial charge in [-0.15, -0.1) is 0 Å². The Hall–Kier alpha value is -3.61. The minimum atomic E-state index is -0.619. The molecule has 0 radical (unpaired) electrons. The van der Waals surface area contributed by atoms with E-state index in [2.05, 4.69) is 17.3 Å². The zero-order valence-corrected chi connectivity index (χ0v) is 17.8. The standard InChI is InChI=1S/C24H27N3O4/c1-3-4-10-15-25-22(28)17-31-24(29)20-16-27(18-11-6-5-7-12-18)26-23(20)19-13-8-9-14-21(19)30-2/h5-9,11-14,16H,3-4,10,15,17H2,1-2H3,(H,25,28). The number of aromatic nitrogens is 2. The quantitative estimate of drug-likeness (QED) is 0.395. The molecule has 1 N–H and O–H groups in total. The average molecular weight is 421 g/mol. The van der Waals surface area contributed by atoms with Crippen LogP contribution in [0.15, 0.2) is 60.8 Å². The minimum Gasteiger partial charge on any atom is -0.496 e. The van der Waals surface area contributed by atoms with E-state index < -0.39 is 5.97 Å². The number of para-hydroxylation sites is 2. The molecule has 7 nitrogen and oxygen atoms in total. The van der Waals surface area contributed by atoms with Gasteiger partial charge in [-0.1, -0.05) is 50.1 Å². The molecule has 2 aromatic carbocycles. The fourth-order valence-electron chi connectivity index (χ4n) is 3.14. The maximum atomic E-state index is 12.9. The van der Waals surface area contributed by atoms with Crippen molar-refractivity contribution in [3.05, 3.63) is 66.4 Å². The number of nitrogens with one attached hydrogen (secondary N) is 1. The molecule has 0 aliphatic carbocycles. The van der Waals surface area contributed by atoms with Crippen LogP contribution in [0.2, 0.25) is 0 Å². The first-order valence-electron chi connectivity index (χ1n) is 10.4. The largest absolute Gasteiger partial charge is 0.496 e. The van der Waals surface area contributed by atoms with Crippen LogP contribution in [0.25, 0.3) is 16.9 Å². The molecule has 1 heterocycles. The zero-order valence-electron chi connectivity index (χ0n) is 17.8. The van der Waals surface area contributed by atoms with E-state index in [0.717, 1.165) is 24.9 Å². The van der Waals surface area contributed by atoms with Gasteiger partial charge in [-0.2, -0.15) is 5.10 Å². The van der Waals surface area contributed by atoms with Crippen LogP contribution >= 0.6 is 0 Å². The van der Waals surface area contributed by atoms with Crippen molar-refractivity contribution in [2.24, 2.45) is 0 Å². The zero-order chi connectivity index (χ0) is 22.1. The van der Waals surface area contributed by atoms with E-state index in [1.165, 1.54) is 0 Å². The van der Waals surface area contributed by atoms with Gasteiger partial charge in [-0.05, 0) is 30.7 Å². The van der Waals surface area contributed by atoms with Gasteiger partial charge in [0.05, 0.1) is 12.8 Å². The molecule has 0 atom stereocenters. The van der Waals surface area contributed by atoms with E-state index in [1.54, 1.807) is 24.1 Å². The molecular weight excluding hydrogens is 394 g/mol. The summed E-state index contributed by atoms with van der Waals surface area (Å²) < 4.78 is 12.3. The van der Waals surface area contributed by atoms with Crippen molar-refractivity contribution in [2.75, 3.05) is 20.3 Å². The van der Waals surface area contributed by atoms with E-state index in [4.69, 9.17) is 9.47 Å². The number of ether oxygens (including phenoxy) is 2. The molecule has 0 saturated carbocycles. The highest BCUT2D eigenvalue weighted by Crippen LogP contribution is 2.32. The number of esters is 1. The first-order valence-corrected chi connectivity index (χ1v) is 10.4. The Labute approximate surface area is 182 Å². The van der Waals surface area contributed by atoms with Crippen molar-refractivity contribution in [1.82, 2.24) is 15.1 Å². The number of benzene rings is 2. The summed E-state index contributed by atoms with van der Waals surface area (Å²) in [5.74, 6) is -0.353. The van der Waals surface area contributed by atoms with Crippen molar-refractivity contribution >= 4 is 11.9 Å². The second kappa shape index (κ2) is 11.0. The number of nitrogens with zero attached hydrogens (tertiary/aromatic N) is 2. The Morgan fingerprint density at radius 2 is 1.77 bits per heavy atom. The van der Waals surface area contributed by atoms with Crippen molar-refractivity contribution < 1.29 is 19.1 Å². The maximum absolute atomic E-state index is 12.9. The predicted octanol–water partition coefficient (Wildman–Crippen LogP) is 4.01. The van der Waals surface area contributed by atoms with Crippen LogP contribution in [0.5, 0.6) is 5.75 Å². The number of rotatable bonds is 10. The van der Waals surface area contributed by atoms with E-state index in [-0.39, 0.29) is 18.1 Å². The summed E-state index contributed by atoms with van der Waals surface area (Å²) in [5, 5.41) is 7.38. The highest BCUT2D eigenvalue weighted by atomic mass is 16.5. The molecule has 0 fully saturated rings. The van der Waals surface area contributed by atoms with Gasteiger partial charge < -0.3 is 14.8 Å². The van der Waals surface area contributed by atoms with Gasteiger partial charge in [0, 0.05) is 18.3 Å². The van der Waals surface area contributed by atoms with Crippen LogP contribution in [0, 0.1) is 0 Å². The lowest BCUT2D eigenvalue weighted by molar-refractivity contribution is -0.124. The van der Waals surface area contributed by atoms with Crippen LogP contribution in [-0.4, -0.2) is 41.9 Å². The third-order valence-corrected chi connectivity index (χ3v) is 4.75. The molecule has 7 heteroatoms. The van der Waals surface area contributed by atoms with E-state index >= 15 is 0 Å². The fraction of sp³-hybridized carbons (Fsp3) is 0.292. The van der Waals surface area contributed by atoms with Gasteiger partial charge >= 0.3 is 5.97 Å². The average Bonchev–Trinajstić information content (AvgIpc) is 3.26. The van der Waals surface area contributed by atoms with Crippen molar-refractivity contribution in [1.29, 1.82) is 0 Å². The lowest BCUT2D eigenvalue weighted by Gasteiger charge is -2.08. The normalized spacial score (nSPS) is 10.5. The molecule has 0 aliphatic rings. The Balaban J connectivity index is 1.83. The SMILES string of the molecule is CCCCCNC(=O)COC(=O)c1cn(-c2ccccc2)nc1-c1ccccc1OC. The molecule has 0 unspecified atom stereocenters. The molecule has 0 saturated heterocycles. The van der Waals surface area contributed by atoms with Crippen LogP contribution in [0.4, 0.5) is 0 Å². The number of amides is 1. The Morgan fingerprint density at radius 1 is 1.03 bits per heavy atom. The lowest BCUT2D eigenvalue weighted by atomic mass is 10.1. The number of carbonyl (C=O) groups is 2. The van der Waals surface area contributed by atoms with E-state index in [9.17, 15) is 9.59 Å². The molecule has 3 rings (SSSR count). The molecule has 31 heavy (non-hydrogen) atoms. The van der Waals surface area contributed by atoms with Crippen LogP contribution in [-0.2, 0) is 9.53 Å². The summed E-state index contributed by atoms with van der Waals surface area (Å²) >= 11 is 0. The molecule has 1 amide bonds. The van der Waals surface area contributed by atoms with Crippen molar-refractivity contribution in [3.8, 4) is 22.7 Å². The molecule has 162 valence electrons. The number of hydrogen-bond acceptors (Lipinski definition) is 5. The third-order valence-electron chi connectivity index (χ3n) is 4.75. The topological polar surface area (TPSA) is 82.5 Å². The summed E-state index contributed by atoms with van der Waals surface area (Å²) in [4.78, 5) is 24.9. The van der Waals surface area contributed by atoms with E-state index in [1.807, 2.05) is 48.5 Å². The summed E-state index contributed by atoms with van der Waals surface area (Å²) in [5.41, 5.74) is 2.14. The Kier molecular flexibility index (Phi) is 7.81. The highest BCUT2D eigenvalue weighted by molar-refractivity contribution is 5.98. The fourth-order valence-corrected chi connectivity index (χ4v) is 3.14. The molecule has 0 aliphatic heterocycles. The van der Waals surface area contributed by atoms with Crippen molar-refractivity contribution in [3.63, 3.8) is 0 Å². The van der Waals surface area contributed by atoms with Gasteiger partial charge in [0.15, 0.2) is 6.61 Å². The van der Waals surface area contributed by atoms with Crippen LogP contribution in [0.1, 0.15) is 36.5 Å². The highest BCUT2D eigenvalue weighted by Gasteiger charge is 2.22. The molecule has 0 bridgehead atoms. The first kappa shape index (κ1) is 22.1.